The fraction of sp³-hybridized carbons (Fsp3) is 0.304. The van der Waals surface area contributed by atoms with E-state index in [4.69, 9.17) is 9.47 Å². The van der Waals surface area contributed by atoms with Gasteiger partial charge in [-0.2, -0.15) is 4.31 Å². The molecule has 1 aliphatic rings. The zero-order chi connectivity index (χ0) is 22.7. The molecular weight excluding hydrogens is 450 g/mol. The molecule has 2 heterocycles. The van der Waals surface area contributed by atoms with Crippen LogP contribution < -0.4 is 4.74 Å². The van der Waals surface area contributed by atoms with Crippen LogP contribution in [0, 0.1) is 5.92 Å². The van der Waals surface area contributed by atoms with Gasteiger partial charge in [0.05, 0.1) is 13.0 Å². The van der Waals surface area contributed by atoms with Gasteiger partial charge in [-0.05, 0) is 53.3 Å². The molecule has 0 radical (unpaired) electrons. The van der Waals surface area contributed by atoms with Crippen LogP contribution in [0.5, 0.6) is 5.75 Å². The standard InChI is InChI=1S/C23H23NO6S2/c1-29-20-7-6-17-13-19(5-4-18(17)14-20)21(25)15-30-23(26)16-8-10-24(11-9-16)32(27,28)22-3-2-12-31-22/h2-7,12-14,16H,8-11,15H2,1H3. The summed E-state index contributed by atoms with van der Waals surface area (Å²) in [5.74, 6) is -0.424. The number of carbonyl (C=O) groups is 2. The van der Waals surface area contributed by atoms with Gasteiger partial charge in [0, 0.05) is 18.7 Å². The summed E-state index contributed by atoms with van der Waals surface area (Å²) in [7, 11) is -1.92. The maximum absolute atomic E-state index is 12.6. The topological polar surface area (TPSA) is 90.0 Å². The molecule has 3 aromatic rings. The summed E-state index contributed by atoms with van der Waals surface area (Å²) in [5.41, 5.74) is 0.465. The predicted octanol–water partition coefficient (Wildman–Crippen LogP) is 3.74. The van der Waals surface area contributed by atoms with Crippen LogP contribution in [0.25, 0.3) is 10.8 Å². The maximum atomic E-state index is 12.6. The van der Waals surface area contributed by atoms with Gasteiger partial charge in [-0.1, -0.05) is 24.3 Å². The number of carbonyl (C=O) groups excluding carboxylic acids is 2. The third-order valence-electron chi connectivity index (χ3n) is 5.59. The minimum atomic E-state index is -3.51. The average molecular weight is 474 g/mol. The summed E-state index contributed by atoms with van der Waals surface area (Å²) in [4.78, 5) is 25.0. The average Bonchev–Trinajstić information content (AvgIpc) is 3.37. The van der Waals surface area contributed by atoms with Gasteiger partial charge in [-0.15, -0.1) is 11.3 Å². The number of ketones is 1. The summed E-state index contributed by atoms with van der Waals surface area (Å²) in [5, 5.41) is 3.56. The Balaban J connectivity index is 1.31. The van der Waals surface area contributed by atoms with E-state index in [0.29, 0.717) is 22.6 Å². The number of hydrogen-bond donors (Lipinski definition) is 0. The number of piperidine rings is 1. The Kier molecular flexibility index (Phi) is 6.59. The Bertz CT molecular complexity index is 1230. The van der Waals surface area contributed by atoms with E-state index in [1.807, 2.05) is 24.3 Å². The molecule has 1 fully saturated rings. The molecule has 7 nitrogen and oxygen atoms in total. The molecule has 0 unspecified atom stereocenters. The first-order valence-corrected chi connectivity index (χ1v) is 12.5. The molecular formula is C23H23NO6S2. The molecule has 0 saturated carbocycles. The number of hydrogen-bond acceptors (Lipinski definition) is 7. The van der Waals surface area contributed by atoms with Crippen molar-refractivity contribution in [2.75, 3.05) is 26.8 Å². The van der Waals surface area contributed by atoms with Gasteiger partial charge < -0.3 is 9.47 Å². The van der Waals surface area contributed by atoms with Crippen LogP contribution in [-0.2, 0) is 19.6 Å². The number of methoxy groups -OCH3 is 1. The summed E-state index contributed by atoms with van der Waals surface area (Å²) in [6.07, 6.45) is 0.741. The van der Waals surface area contributed by atoms with Crippen LogP contribution >= 0.6 is 11.3 Å². The summed E-state index contributed by atoms with van der Waals surface area (Å²) >= 11 is 1.18. The van der Waals surface area contributed by atoms with E-state index in [0.717, 1.165) is 16.5 Å². The lowest BCUT2D eigenvalue weighted by molar-refractivity contribution is -0.148. The molecule has 1 aliphatic heterocycles. The van der Waals surface area contributed by atoms with E-state index >= 15 is 0 Å². The quantitative estimate of drug-likeness (QED) is 0.384. The number of rotatable bonds is 7. The third-order valence-corrected chi connectivity index (χ3v) is 8.86. The number of thiophene rings is 1. The second-order valence-corrected chi connectivity index (χ2v) is 10.7. The number of Topliss-reactive ketones (excluding diaryl/α,β-unsaturated/α-hetero) is 1. The molecule has 0 spiro atoms. The van der Waals surface area contributed by atoms with Gasteiger partial charge in [0.25, 0.3) is 10.0 Å². The Labute approximate surface area is 190 Å². The van der Waals surface area contributed by atoms with Gasteiger partial charge in [-0.3, -0.25) is 9.59 Å². The molecule has 0 atom stereocenters. The zero-order valence-corrected chi connectivity index (χ0v) is 19.2. The van der Waals surface area contributed by atoms with Crippen LogP contribution in [0.4, 0.5) is 0 Å². The number of ether oxygens (including phenoxy) is 2. The molecule has 1 saturated heterocycles. The first-order valence-electron chi connectivity index (χ1n) is 10.2. The SMILES string of the molecule is COc1ccc2cc(C(=O)COC(=O)C3CCN(S(=O)(=O)c4cccs4)CC3)ccc2c1. The van der Waals surface area contributed by atoms with E-state index in [1.54, 1.807) is 36.8 Å². The number of sulfonamides is 1. The lowest BCUT2D eigenvalue weighted by Crippen LogP contribution is -2.40. The van der Waals surface area contributed by atoms with Crippen molar-refractivity contribution in [1.82, 2.24) is 4.31 Å². The van der Waals surface area contributed by atoms with Crippen LogP contribution in [0.2, 0.25) is 0 Å². The molecule has 0 amide bonds. The molecule has 2 aromatic carbocycles. The highest BCUT2D eigenvalue weighted by Crippen LogP contribution is 2.27. The lowest BCUT2D eigenvalue weighted by Gasteiger charge is -2.29. The van der Waals surface area contributed by atoms with Crippen molar-refractivity contribution in [2.24, 2.45) is 5.92 Å². The highest BCUT2D eigenvalue weighted by molar-refractivity contribution is 7.91. The van der Waals surface area contributed by atoms with E-state index in [9.17, 15) is 18.0 Å². The van der Waals surface area contributed by atoms with Crippen molar-refractivity contribution in [1.29, 1.82) is 0 Å². The largest absolute Gasteiger partial charge is 0.497 e. The van der Waals surface area contributed by atoms with E-state index in [1.165, 1.54) is 15.6 Å². The van der Waals surface area contributed by atoms with Crippen LogP contribution in [0.3, 0.4) is 0 Å². The van der Waals surface area contributed by atoms with Gasteiger partial charge in [0.1, 0.15) is 9.96 Å². The van der Waals surface area contributed by atoms with Crippen molar-refractivity contribution in [2.45, 2.75) is 17.1 Å². The highest BCUT2D eigenvalue weighted by Gasteiger charge is 2.33. The molecule has 4 rings (SSSR count). The Morgan fingerprint density at radius 2 is 1.78 bits per heavy atom. The zero-order valence-electron chi connectivity index (χ0n) is 17.5. The molecule has 0 bridgehead atoms. The number of nitrogens with zero attached hydrogens (tertiary/aromatic N) is 1. The van der Waals surface area contributed by atoms with Gasteiger partial charge in [0.15, 0.2) is 12.4 Å². The monoisotopic (exact) mass is 473 g/mol. The first-order chi connectivity index (χ1) is 15.4. The van der Waals surface area contributed by atoms with Crippen LogP contribution in [-0.4, -0.2) is 51.3 Å². The molecule has 9 heteroatoms. The van der Waals surface area contributed by atoms with Crippen molar-refractivity contribution >= 4 is 43.9 Å². The molecule has 0 N–H and O–H groups in total. The van der Waals surface area contributed by atoms with E-state index < -0.39 is 21.9 Å². The lowest BCUT2D eigenvalue weighted by atomic mass is 9.98. The minimum absolute atomic E-state index is 0.252. The van der Waals surface area contributed by atoms with Crippen LogP contribution in [0.1, 0.15) is 23.2 Å². The smallest absolute Gasteiger partial charge is 0.309 e. The molecule has 168 valence electrons. The number of benzene rings is 2. The summed E-state index contributed by atoms with van der Waals surface area (Å²) in [6, 6.07) is 14.1. The van der Waals surface area contributed by atoms with Crippen molar-refractivity contribution < 1.29 is 27.5 Å². The highest BCUT2D eigenvalue weighted by atomic mass is 32.2. The molecule has 32 heavy (non-hydrogen) atoms. The Hall–Kier alpha value is -2.75. The number of esters is 1. The summed E-state index contributed by atoms with van der Waals surface area (Å²) < 4.78 is 37.4. The van der Waals surface area contributed by atoms with Crippen molar-refractivity contribution in [3.63, 3.8) is 0 Å². The normalized spacial score (nSPS) is 15.5. The fourth-order valence-electron chi connectivity index (χ4n) is 3.73. The first kappa shape index (κ1) is 22.4. The Morgan fingerprint density at radius 3 is 2.47 bits per heavy atom. The van der Waals surface area contributed by atoms with Crippen molar-refractivity contribution in [3.8, 4) is 5.75 Å². The second kappa shape index (κ2) is 9.40. The van der Waals surface area contributed by atoms with Gasteiger partial charge in [0.2, 0.25) is 0 Å². The predicted molar refractivity (Wildman–Crippen MR) is 122 cm³/mol. The third kappa shape index (κ3) is 4.69. The van der Waals surface area contributed by atoms with E-state index in [-0.39, 0.29) is 25.5 Å². The van der Waals surface area contributed by atoms with Crippen molar-refractivity contribution in [3.05, 3.63) is 59.5 Å². The Morgan fingerprint density at radius 1 is 1.06 bits per heavy atom. The maximum Gasteiger partial charge on any atom is 0.309 e. The summed E-state index contributed by atoms with van der Waals surface area (Å²) in [6.45, 7) is 0.165. The van der Waals surface area contributed by atoms with Gasteiger partial charge in [-0.25, -0.2) is 8.42 Å². The fourth-order valence-corrected chi connectivity index (χ4v) is 6.35. The number of fused-ring (bicyclic) bond motifs is 1. The van der Waals surface area contributed by atoms with Crippen LogP contribution in [0.15, 0.2) is 58.1 Å². The second-order valence-electron chi connectivity index (χ2n) is 7.57. The minimum Gasteiger partial charge on any atom is -0.497 e. The molecule has 1 aromatic heterocycles. The van der Waals surface area contributed by atoms with Gasteiger partial charge >= 0.3 is 5.97 Å². The molecule has 0 aliphatic carbocycles. The van der Waals surface area contributed by atoms with E-state index in [2.05, 4.69) is 0 Å².